The van der Waals surface area contributed by atoms with E-state index < -0.39 is 0 Å². The zero-order valence-electron chi connectivity index (χ0n) is 20.0. The van der Waals surface area contributed by atoms with E-state index in [0.29, 0.717) is 13.2 Å². The number of aliphatic hydroxyl groups is 2. The first-order chi connectivity index (χ1) is 14.3. The molecule has 3 nitrogen and oxygen atoms in total. The monoisotopic (exact) mass is 413 g/mol. The maximum atomic E-state index is 8.86. The van der Waals surface area contributed by atoms with Crippen molar-refractivity contribution < 1.29 is 10.2 Å². The quantitative estimate of drug-likeness (QED) is 0.157. The van der Waals surface area contributed by atoms with Gasteiger partial charge in [0.2, 0.25) is 0 Å². The first kappa shape index (κ1) is 28.9. The lowest BCUT2D eigenvalue weighted by Crippen LogP contribution is -2.27. The summed E-state index contributed by atoms with van der Waals surface area (Å²) in [7, 11) is 0. The highest BCUT2D eigenvalue weighted by Crippen LogP contribution is 2.12. The lowest BCUT2D eigenvalue weighted by molar-refractivity contribution is 0.252. The van der Waals surface area contributed by atoms with Crippen LogP contribution in [0.4, 0.5) is 0 Å². The molecule has 0 radical (unpaired) electrons. The van der Waals surface area contributed by atoms with E-state index >= 15 is 0 Å². The summed E-state index contributed by atoms with van der Waals surface area (Å²) in [5.41, 5.74) is 0. The molecule has 0 heterocycles. The predicted octanol–water partition coefficient (Wildman–Crippen LogP) is 7.09. The molecule has 0 atom stereocenters. The van der Waals surface area contributed by atoms with Gasteiger partial charge in [-0.3, -0.25) is 0 Å². The molecule has 0 unspecified atom stereocenters. The van der Waals surface area contributed by atoms with Crippen molar-refractivity contribution >= 4 is 0 Å². The highest BCUT2D eigenvalue weighted by Gasteiger charge is 2.05. The Balaban J connectivity index is 3.80. The van der Waals surface area contributed by atoms with Gasteiger partial charge in [-0.05, 0) is 51.7 Å². The van der Waals surface area contributed by atoms with Gasteiger partial charge >= 0.3 is 0 Å². The van der Waals surface area contributed by atoms with Crippen LogP contribution in [-0.4, -0.2) is 48.0 Å². The molecule has 0 aliphatic rings. The summed E-state index contributed by atoms with van der Waals surface area (Å²) in [4.78, 5) is 2.73. The number of rotatable bonds is 25. The van der Waals surface area contributed by atoms with Crippen LogP contribution in [0.5, 0.6) is 0 Å². The van der Waals surface area contributed by atoms with E-state index in [1.165, 1.54) is 135 Å². The normalized spacial score (nSPS) is 11.6. The fourth-order valence-corrected chi connectivity index (χ4v) is 4.11. The minimum absolute atomic E-state index is 0.354. The second-order valence-corrected chi connectivity index (χ2v) is 9.01. The van der Waals surface area contributed by atoms with Crippen molar-refractivity contribution in [3.63, 3.8) is 0 Å². The topological polar surface area (TPSA) is 43.7 Å². The lowest BCUT2D eigenvalue weighted by Gasteiger charge is -2.22. The zero-order chi connectivity index (χ0) is 21.3. The Hall–Kier alpha value is -0.120. The van der Waals surface area contributed by atoms with E-state index in [4.69, 9.17) is 10.2 Å². The molecule has 0 fully saturated rings. The molecule has 0 spiro atoms. The average molecular weight is 414 g/mol. The minimum Gasteiger partial charge on any atom is -0.396 e. The van der Waals surface area contributed by atoms with Crippen molar-refractivity contribution in [2.24, 2.45) is 0 Å². The van der Waals surface area contributed by atoms with E-state index in [9.17, 15) is 0 Å². The molecule has 176 valence electrons. The van der Waals surface area contributed by atoms with Gasteiger partial charge in [0.15, 0.2) is 0 Å². The molecular weight excluding hydrogens is 358 g/mol. The van der Waals surface area contributed by atoms with Crippen LogP contribution in [0.3, 0.4) is 0 Å². The van der Waals surface area contributed by atoms with Gasteiger partial charge in [0.1, 0.15) is 0 Å². The third-order valence-electron chi connectivity index (χ3n) is 6.09. The summed E-state index contributed by atoms with van der Waals surface area (Å²) in [6.45, 7) is 6.85. The molecule has 2 N–H and O–H groups in total. The Labute approximate surface area is 183 Å². The Morgan fingerprint density at radius 1 is 0.379 bits per heavy atom. The lowest BCUT2D eigenvalue weighted by atomic mass is 10.1. The molecule has 0 rings (SSSR count). The Morgan fingerprint density at radius 3 is 0.966 bits per heavy atom. The number of hydrogen-bond donors (Lipinski definition) is 2. The SMILES string of the molecule is CCCCCCCCCCN(CCCCCCCCO)CCCCCCCCO. The molecule has 0 aliphatic heterocycles. The molecule has 0 aromatic heterocycles. The van der Waals surface area contributed by atoms with Gasteiger partial charge in [-0.1, -0.05) is 103 Å². The van der Waals surface area contributed by atoms with E-state index in [2.05, 4.69) is 11.8 Å². The van der Waals surface area contributed by atoms with Crippen molar-refractivity contribution in [2.45, 2.75) is 135 Å². The number of aliphatic hydroxyl groups excluding tert-OH is 2. The summed E-state index contributed by atoms with van der Waals surface area (Å²) in [6.07, 6.45) is 26.2. The molecule has 0 aromatic carbocycles. The van der Waals surface area contributed by atoms with Crippen LogP contribution in [-0.2, 0) is 0 Å². The highest BCUT2D eigenvalue weighted by molar-refractivity contribution is 4.60. The molecule has 0 aliphatic carbocycles. The van der Waals surface area contributed by atoms with Crippen molar-refractivity contribution in [3.8, 4) is 0 Å². The Bertz CT molecular complexity index is 268. The zero-order valence-corrected chi connectivity index (χ0v) is 20.0. The van der Waals surface area contributed by atoms with Gasteiger partial charge in [-0.15, -0.1) is 0 Å². The molecule has 0 aromatic rings. The summed E-state index contributed by atoms with van der Waals surface area (Å²) in [5.74, 6) is 0. The maximum absolute atomic E-state index is 8.86. The van der Waals surface area contributed by atoms with E-state index in [1.54, 1.807) is 0 Å². The molecule has 29 heavy (non-hydrogen) atoms. The van der Waals surface area contributed by atoms with E-state index in [1.807, 2.05) is 0 Å². The number of hydrogen-bond acceptors (Lipinski definition) is 3. The maximum Gasteiger partial charge on any atom is 0.0431 e. The van der Waals surface area contributed by atoms with Crippen LogP contribution in [0.25, 0.3) is 0 Å². The summed E-state index contributed by atoms with van der Waals surface area (Å²) >= 11 is 0. The van der Waals surface area contributed by atoms with Gasteiger partial charge in [0, 0.05) is 13.2 Å². The first-order valence-corrected chi connectivity index (χ1v) is 13.3. The van der Waals surface area contributed by atoms with Gasteiger partial charge in [0.25, 0.3) is 0 Å². The van der Waals surface area contributed by atoms with E-state index in [-0.39, 0.29) is 0 Å². The minimum atomic E-state index is 0.354. The Kier molecular flexibility index (Phi) is 25.8. The van der Waals surface area contributed by atoms with Crippen molar-refractivity contribution in [2.75, 3.05) is 32.8 Å². The molecule has 0 amide bonds. The van der Waals surface area contributed by atoms with E-state index in [0.717, 1.165) is 12.8 Å². The van der Waals surface area contributed by atoms with Crippen LogP contribution in [0, 0.1) is 0 Å². The first-order valence-electron chi connectivity index (χ1n) is 13.3. The van der Waals surface area contributed by atoms with Crippen molar-refractivity contribution in [1.82, 2.24) is 4.90 Å². The average Bonchev–Trinajstić information content (AvgIpc) is 2.73. The smallest absolute Gasteiger partial charge is 0.0431 e. The summed E-state index contributed by atoms with van der Waals surface area (Å²) in [6, 6.07) is 0. The number of unbranched alkanes of at least 4 members (excludes halogenated alkanes) is 17. The number of nitrogens with zero attached hydrogens (tertiary/aromatic N) is 1. The summed E-state index contributed by atoms with van der Waals surface area (Å²) in [5, 5.41) is 17.7. The van der Waals surface area contributed by atoms with Gasteiger partial charge in [-0.25, -0.2) is 0 Å². The summed E-state index contributed by atoms with van der Waals surface area (Å²) < 4.78 is 0. The van der Waals surface area contributed by atoms with Crippen LogP contribution >= 0.6 is 0 Å². The second-order valence-electron chi connectivity index (χ2n) is 9.01. The third-order valence-corrected chi connectivity index (χ3v) is 6.09. The molecule has 0 saturated heterocycles. The molecule has 0 bridgehead atoms. The molecule has 0 saturated carbocycles. The molecule has 3 heteroatoms. The second kappa shape index (κ2) is 25.9. The standard InChI is InChI=1S/C26H55NO2/c1-2-3-4-5-6-7-12-17-22-27(23-18-13-8-10-15-20-25-28)24-19-14-9-11-16-21-26-29/h28-29H,2-26H2,1H3. The molecular formula is C26H55NO2. The van der Waals surface area contributed by atoms with Gasteiger partial charge in [0.05, 0.1) is 0 Å². The fourth-order valence-electron chi connectivity index (χ4n) is 4.11. The van der Waals surface area contributed by atoms with Gasteiger partial charge in [-0.2, -0.15) is 0 Å². The predicted molar refractivity (Wildman–Crippen MR) is 129 cm³/mol. The third kappa shape index (κ3) is 24.0. The van der Waals surface area contributed by atoms with Crippen LogP contribution in [0.15, 0.2) is 0 Å². The fraction of sp³-hybridized carbons (Fsp3) is 1.00. The van der Waals surface area contributed by atoms with Gasteiger partial charge < -0.3 is 15.1 Å². The largest absolute Gasteiger partial charge is 0.396 e. The van der Waals surface area contributed by atoms with Crippen molar-refractivity contribution in [3.05, 3.63) is 0 Å². The van der Waals surface area contributed by atoms with Crippen LogP contribution in [0.2, 0.25) is 0 Å². The van der Waals surface area contributed by atoms with Crippen LogP contribution < -0.4 is 0 Å². The van der Waals surface area contributed by atoms with Crippen LogP contribution in [0.1, 0.15) is 135 Å². The Morgan fingerprint density at radius 2 is 0.655 bits per heavy atom. The highest BCUT2D eigenvalue weighted by atomic mass is 16.3. The van der Waals surface area contributed by atoms with Crippen molar-refractivity contribution in [1.29, 1.82) is 0 Å².